The Labute approximate surface area is 100.0 Å². The van der Waals surface area contributed by atoms with E-state index in [1.165, 1.54) is 0 Å². The van der Waals surface area contributed by atoms with Crippen LogP contribution in [0, 0.1) is 0 Å². The zero-order chi connectivity index (χ0) is 12.1. The van der Waals surface area contributed by atoms with Crippen LogP contribution in [0.25, 0.3) is 0 Å². The molecule has 0 heterocycles. The predicted molar refractivity (Wildman–Crippen MR) is 63.3 cm³/mol. The van der Waals surface area contributed by atoms with Crippen LogP contribution in [0.4, 0.5) is 0 Å². The minimum atomic E-state index is -0.811. The monoisotopic (exact) mass is 242 g/mol. The number of aliphatic carboxylic acids is 1. The number of aryl methyl sites for hydroxylation is 1. The van der Waals surface area contributed by atoms with Gasteiger partial charge in [-0.05, 0) is 30.5 Å². The summed E-state index contributed by atoms with van der Waals surface area (Å²) in [5, 5.41) is 9.25. The number of methoxy groups -OCH3 is 1. The van der Waals surface area contributed by atoms with E-state index in [-0.39, 0.29) is 6.42 Å². The summed E-state index contributed by atoms with van der Waals surface area (Å²) in [6.45, 7) is 2.00. The molecule has 0 atom stereocenters. The number of ether oxygens (including phenoxy) is 1. The number of hydrogen-bond acceptors (Lipinski definition) is 2. The first-order valence-corrected chi connectivity index (χ1v) is 5.53. The molecule has 1 aromatic carbocycles. The molecule has 88 valence electrons. The predicted octanol–water partition coefficient (Wildman–Crippen LogP) is 2.93. The van der Waals surface area contributed by atoms with Gasteiger partial charge < -0.3 is 9.84 Å². The molecule has 0 aromatic heterocycles. The van der Waals surface area contributed by atoms with E-state index in [0.717, 1.165) is 23.3 Å². The maximum Gasteiger partial charge on any atom is 0.303 e. The average Bonchev–Trinajstić information content (AvgIpc) is 2.25. The summed E-state index contributed by atoms with van der Waals surface area (Å²) in [6, 6.07) is 3.67. The van der Waals surface area contributed by atoms with Gasteiger partial charge in [0, 0.05) is 17.0 Å². The molecule has 0 unspecified atom stereocenters. The van der Waals surface area contributed by atoms with Gasteiger partial charge in [-0.15, -0.1) is 0 Å². The smallest absolute Gasteiger partial charge is 0.303 e. The second kappa shape index (κ2) is 5.75. The Hall–Kier alpha value is -1.22. The molecular weight excluding hydrogens is 228 g/mol. The van der Waals surface area contributed by atoms with Crippen molar-refractivity contribution in [2.75, 3.05) is 7.11 Å². The Kier molecular flexibility index (Phi) is 4.62. The van der Waals surface area contributed by atoms with Gasteiger partial charge >= 0.3 is 5.97 Å². The van der Waals surface area contributed by atoms with Crippen molar-refractivity contribution in [2.45, 2.75) is 26.2 Å². The summed E-state index contributed by atoms with van der Waals surface area (Å²) in [5.74, 6) is -0.0787. The number of halogens is 1. The van der Waals surface area contributed by atoms with Crippen molar-refractivity contribution in [3.05, 3.63) is 28.3 Å². The molecule has 1 rings (SSSR count). The van der Waals surface area contributed by atoms with Crippen molar-refractivity contribution in [3.8, 4) is 5.75 Å². The molecule has 0 aliphatic carbocycles. The Balaban J connectivity index is 2.96. The number of carbonyl (C=O) groups is 1. The third-order valence-electron chi connectivity index (χ3n) is 2.42. The van der Waals surface area contributed by atoms with Crippen LogP contribution in [-0.4, -0.2) is 18.2 Å². The molecule has 0 saturated heterocycles. The molecule has 3 nitrogen and oxygen atoms in total. The molecule has 0 amide bonds. The molecule has 0 spiro atoms. The minimum absolute atomic E-state index is 0.102. The Morgan fingerprint density at radius 3 is 2.69 bits per heavy atom. The van der Waals surface area contributed by atoms with Crippen molar-refractivity contribution in [1.29, 1.82) is 0 Å². The molecule has 0 fully saturated rings. The summed E-state index contributed by atoms with van der Waals surface area (Å²) < 4.78 is 5.23. The normalized spacial score (nSPS) is 10.2. The summed E-state index contributed by atoms with van der Waals surface area (Å²) in [7, 11) is 1.59. The number of hydrogen-bond donors (Lipinski definition) is 1. The second-order valence-electron chi connectivity index (χ2n) is 3.51. The fourth-order valence-corrected chi connectivity index (χ4v) is 1.95. The van der Waals surface area contributed by atoms with Crippen LogP contribution in [0.5, 0.6) is 5.75 Å². The standard InChI is InChI=1S/C12H15ClO3/c1-3-9-10(13)6-8(4-5-12(14)15)7-11(9)16-2/h6-7H,3-5H2,1-2H3,(H,14,15). The van der Waals surface area contributed by atoms with Crippen LogP contribution in [0.3, 0.4) is 0 Å². The largest absolute Gasteiger partial charge is 0.496 e. The van der Waals surface area contributed by atoms with Gasteiger partial charge in [0.1, 0.15) is 5.75 Å². The van der Waals surface area contributed by atoms with Gasteiger partial charge in [0.2, 0.25) is 0 Å². The van der Waals surface area contributed by atoms with Gasteiger partial charge in [0.15, 0.2) is 0 Å². The zero-order valence-electron chi connectivity index (χ0n) is 9.42. The molecule has 0 bridgehead atoms. The Morgan fingerprint density at radius 1 is 1.50 bits per heavy atom. The van der Waals surface area contributed by atoms with Gasteiger partial charge in [0.25, 0.3) is 0 Å². The van der Waals surface area contributed by atoms with Crippen LogP contribution < -0.4 is 4.74 Å². The molecule has 1 N–H and O–H groups in total. The number of carboxylic acid groups (broad SMARTS) is 1. The van der Waals surface area contributed by atoms with Gasteiger partial charge in [0.05, 0.1) is 7.11 Å². The van der Waals surface area contributed by atoms with E-state index in [2.05, 4.69) is 0 Å². The third-order valence-corrected chi connectivity index (χ3v) is 2.75. The van der Waals surface area contributed by atoms with Crippen LogP contribution in [-0.2, 0) is 17.6 Å². The molecule has 0 aliphatic heterocycles. The number of benzene rings is 1. The van der Waals surface area contributed by atoms with Crippen molar-refractivity contribution in [2.24, 2.45) is 0 Å². The van der Waals surface area contributed by atoms with Crippen molar-refractivity contribution in [3.63, 3.8) is 0 Å². The summed E-state index contributed by atoms with van der Waals surface area (Å²) in [6.07, 6.45) is 1.36. The molecule has 4 heteroatoms. The summed E-state index contributed by atoms with van der Waals surface area (Å²) in [4.78, 5) is 10.5. The van der Waals surface area contributed by atoms with Gasteiger partial charge in [-0.25, -0.2) is 0 Å². The lowest BCUT2D eigenvalue weighted by molar-refractivity contribution is -0.136. The number of carboxylic acids is 1. The molecular formula is C12H15ClO3. The molecule has 0 aliphatic rings. The van der Waals surface area contributed by atoms with E-state index in [4.69, 9.17) is 21.4 Å². The first kappa shape index (κ1) is 12.8. The highest BCUT2D eigenvalue weighted by atomic mass is 35.5. The zero-order valence-corrected chi connectivity index (χ0v) is 10.2. The fraction of sp³-hybridized carbons (Fsp3) is 0.417. The maximum atomic E-state index is 10.5. The summed E-state index contributed by atoms with van der Waals surface area (Å²) >= 11 is 6.10. The van der Waals surface area contributed by atoms with E-state index in [1.54, 1.807) is 7.11 Å². The quantitative estimate of drug-likeness (QED) is 0.864. The van der Waals surface area contributed by atoms with E-state index in [9.17, 15) is 4.79 Å². The highest BCUT2D eigenvalue weighted by Crippen LogP contribution is 2.29. The Bertz CT molecular complexity index is 388. The summed E-state index contributed by atoms with van der Waals surface area (Å²) in [5.41, 5.74) is 1.85. The van der Waals surface area contributed by atoms with E-state index in [1.807, 2.05) is 19.1 Å². The molecule has 0 saturated carbocycles. The first-order chi connectivity index (χ1) is 7.58. The van der Waals surface area contributed by atoms with Crippen LogP contribution in [0.15, 0.2) is 12.1 Å². The molecule has 16 heavy (non-hydrogen) atoms. The van der Waals surface area contributed by atoms with Crippen molar-refractivity contribution < 1.29 is 14.6 Å². The molecule has 1 aromatic rings. The maximum absolute atomic E-state index is 10.5. The van der Waals surface area contributed by atoms with Crippen LogP contribution in [0.1, 0.15) is 24.5 Å². The lowest BCUT2D eigenvalue weighted by atomic mass is 10.0. The lowest BCUT2D eigenvalue weighted by Crippen LogP contribution is -1.99. The minimum Gasteiger partial charge on any atom is -0.496 e. The topological polar surface area (TPSA) is 46.5 Å². The third kappa shape index (κ3) is 3.14. The van der Waals surface area contributed by atoms with Crippen LogP contribution in [0.2, 0.25) is 5.02 Å². The lowest BCUT2D eigenvalue weighted by Gasteiger charge is -2.11. The second-order valence-corrected chi connectivity index (χ2v) is 3.91. The highest BCUT2D eigenvalue weighted by molar-refractivity contribution is 6.31. The number of rotatable bonds is 5. The highest BCUT2D eigenvalue weighted by Gasteiger charge is 2.09. The van der Waals surface area contributed by atoms with Gasteiger partial charge in [-0.2, -0.15) is 0 Å². The van der Waals surface area contributed by atoms with Gasteiger partial charge in [-0.3, -0.25) is 4.79 Å². The van der Waals surface area contributed by atoms with Crippen molar-refractivity contribution in [1.82, 2.24) is 0 Å². The molecule has 0 radical (unpaired) electrons. The van der Waals surface area contributed by atoms with E-state index < -0.39 is 5.97 Å². The van der Waals surface area contributed by atoms with E-state index in [0.29, 0.717) is 11.4 Å². The Morgan fingerprint density at radius 2 is 2.19 bits per heavy atom. The van der Waals surface area contributed by atoms with Gasteiger partial charge in [-0.1, -0.05) is 18.5 Å². The van der Waals surface area contributed by atoms with E-state index >= 15 is 0 Å². The average molecular weight is 243 g/mol. The van der Waals surface area contributed by atoms with Crippen molar-refractivity contribution >= 4 is 17.6 Å². The van der Waals surface area contributed by atoms with Crippen LogP contribution >= 0.6 is 11.6 Å². The first-order valence-electron chi connectivity index (χ1n) is 5.15. The fourth-order valence-electron chi connectivity index (χ4n) is 1.59. The SMILES string of the molecule is CCc1c(Cl)cc(CCC(=O)O)cc1OC.